The number of carbonyl (C=O) groups excluding carboxylic acids is 1. The first-order valence-electron chi connectivity index (χ1n) is 9.18. The predicted molar refractivity (Wildman–Crippen MR) is 106 cm³/mol. The molecular weight excluding hydrogens is 381 g/mol. The van der Waals surface area contributed by atoms with Crippen molar-refractivity contribution in [3.63, 3.8) is 0 Å². The van der Waals surface area contributed by atoms with Crippen LogP contribution in [0, 0.1) is 11.7 Å². The normalized spacial score (nSPS) is 16.5. The number of anilines is 2. The number of benzene rings is 2. The van der Waals surface area contributed by atoms with Gasteiger partial charge >= 0.3 is 0 Å². The van der Waals surface area contributed by atoms with E-state index in [-0.39, 0.29) is 24.4 Å². The number of halogens is 1. The molecule has 144 valence electrons. The molecule has 3 aromatic rings. The first kappa shape index (κ1) is 17.2. The summed E-state index contributed by atoms with van der Waals surface area (Å²) < 4.78 is 25.4. The van der Waals surface area contributed by atoms with Gasteiger partial charge in [-0.1, -0.05) is 17.4 Å². The molecule has 1 fully saturated rings. The van der Waals surface area contributed by atoms with Crippen LogP contribution in [0.25, 0.3) is 10.2 Å². The Morgan fingerprint density at radius 3 is 2.82 bits per heavy atom. The standard InChI is InChI=1S/C20H18FN3O3S/c21-14-2-1-3-17-18(14)23-20(28-17)24-8-6-12(7-9-24)19(25)22-13-4-5-15-16(10-13)27-11-26-15/h1-5,10,12H,6-9,11H2,(H,22,25). The third kappa shape index (κ3) is 3.13. The van der Waals surface area contributed by atoms with E-state index in [1.165, 1.54) is 17.4 Å². The molecule has 3 heterocycles. The van der Waals surface area contributed by atoms with Gasteiger partial charge in [0.1, 0.15) is 11.3 Å². The second kappa shape index (κ2) is 6.94. The highest BCUT2D eigenvalue weighted by Gasteiger charge is 2.27. The van der Waals surface area contributed by atoms with E-state index in [4.69, 9.17) is 9.47 Å². The molecule has 0 saturated carbocycles. The Kier molecular flexibility index (Phi) is 4.27. The number of nitrogens with zero attached hydrogens (tertiary/aromatic N) is 2. The minimum atomic E-state index is -0.294. The van der Waals surface area contributed by atoms with E-state index in [0.717, 1.165) is 35.8 Å². The Bertz CT molecular complexity index is 1050. The Balaban J connectivity index is 1.22. The SMILES string of the molecule is O=C(Nc1ccc2c(c1)OCO2)C1CCN(c2nc3c(F)cccc3s2)CC1. The zero-order chi connectivity index (χ0) is 19.1. The van der Waals surface area contributed by atoms with Gasteiger partial charge in [-0.3, -0.25) is 4.79 Å². The molecule has 8 heteroatoms. The molecule has 2 aromatic carbocycles. The van der Waals surface area contributed by atoms with Gasteiger partial charge < -0.3 is 19.7 Å². The van der Waals surface area contributed by atoms with Gasteiger partial charge in [0.15, 0.2) is 16.6 Å². The van der Waals surface area contributed by atoms with Crippen molar-refractivity contribution in [1.29, 1.82) is 0 Å². The average Bonchev–Trinajstić information content (AvgIpc) is 3.35. The van der Waals surface area contributed by atoms with Gasteiger partial charge in [-0.05, 0) is 37.1 Å². The zero-order valence-corrected chi connectivity index (χ0v) is 15.8. The first-order valence-corrected chi connectivity index (χ1v) is 9.99. The van der Waals surface area contributed by atoms with E-state index in [9.17, 15) is 9.18 Å². The topological polar surface area (TPSA) is 63.7 Å². The summed E-state index contributed by atoms with van der Waals surface area (Å²) in [6.07, 6.45) is 1.46. The van der Waals surface area contributed by atoms with Crippen molar-refractivity contribution in [2.45, 2.75) is 12.8 Å². The lowest BCUT2D eigenvalue weighted by atomic mass is 9.96. The Morgan fingerprint density at radius 1 is 1.18 bits per heavy atom. The second-order valence-corrected chi connectivity index (χ2v) is 7.91. The number of nitrogens with one attached hydrogen (secondary N) is 1. The maximum absolute atomic E-state index is 13.9. The number of fused-ring (bicyclic) bond motifs is 2. The second-order valence-electron chi connectivity index (χ2n) is 6.90. The molecule has 0 radical (unpaired) electrons. The van der Waals surface area contributed by atoms with Gasteiger partial charge in [-0.15, -0.1) is 0 Å². The molecule has 1 amide bonds. The lowest BCUT2D eigenvalue weighted by Crippen LogP contribution is -2.38. The van der Waals surface area contributed by atoms with Crippen LogP contribution in [-0.2, 0) is 4.79 Å². The fraction of sp³-hybridized carbons (Fsp3) is 0.300. The van der Waals surface area contributed by atoms with E-state index in [0.29, 0.717) is 22.7 Å². The maximum Gasteiger partial charge on any atom is 0.231 e. The van der Waals surface area contributed by atoms with Crippen LogP contribution in [0.15, 0.2) is 36.4 Å². The molecule has 2 aliphatic rings. The van der Waals surface area contributed by atoms with E-state index >= 15 is 0 Å². The fourth-order valence-corrected chi connectivity index (χ4v) is 4.62. The molecule has 5 rings (SSSR count). The van der Waals surface area contributed by atoms with Crippen molar-refractivity contribution in [3.05, 3.63) is 42.2 Å². The van der Waals surface area contributed by atoms with E-state index in [1.54, 1.807) is 18.2 Å². The minimum Gasteiger partial charge on any atom is -0.454 e. The highest BCUT2D eigenvalue weighted by Crippen LogP contribution is 2.35. The third-order valence-corrected chi connectivity index (χ3v) is 6.22. The molecule has 0 aliphatic carbocycles. The van der Waals surface area contributed by atoms with Crippen LogP contribution in [0.2, 0.25) is 0 Å². The van der Waals surface area contributed by atoms with Crippen LogP contribution in [0.4, 0.5) is 15.2 Å². The van der Waals surface area contributed by atoms with E-state index in [2.05, 4.69) is 15.2 Å². The number of rotatable bonds is 3. The summed E-state index contributed by atoms with van der Waals surface area (Å²) in [5.74, 6) is 0.994. The summed E-state index contributed by atoms with van der Waals surface area (Å²) in [5, 5.41) is 3.78. The van der Waals surface area contributed by atoms with Crippen LogP contribution < -0.4 is 19.7 Å². The molecular formula is C20H18FN3O3S. The van der Waals surface area contributed by atoms with Crippen LogP contribution in [-0.4, -0.2) is 30.8 Å². The van der Waals surface area contributed by atoms with Crippen molar-refractivity contribution in [2.24, 2.45) is 5.92 Å². The van der Waals surface area contributed by atoms with Crippen molar-refractivity contribution in [2.75, 3.05) is 30.1 Å². The number of piperidine rings is 1. The van der Waals surface area contributed by atoms with Crippen LogP contribution >= 0.6 is 11.3 Å². The van der Waals surface area contributed by atoms with Crippen molar-refractivity contribution in [3.8, 4) is 11.5 Å². The molecule has 6 nitrogen and oxygen atoms in total. The smallest absolute Gasteiger partial charge is 0.231 e. The third-order valence-electron chi connectivity index (χ3n) is 5.13. The van der Waals surface area contributed by atoms with Gasteiger partial charge in [-0.2, -0.15) is 0 Å². The van der Waals surface area contributed by atoms with Gasteiger partial charge in [0.05, 0.1) is 4.70 Å². The summed E-state index contributed by atoms with van der Waals surface area (Å²) in [5.41, 5.74) is 1.13. The fourth-order valence-electron chi connectivity index (χ4n) is 3.59. The van der Waals surface area contributed by atoms with Crippen molar-refractivity contribution >= 4 is 38.3 Å². The Labute approximate surface area is 164 Å². The first-order chi connectivity index (χ1) is 13.7. The Hall–Kier alpha value is -2.87. The van der Waals surface area contributed by atoms with Crippen LogP contribution in [0.1, 0.15) is 12.8 Å². The molecule has 28 heavy (non-hydrogen) atoms. The highest BCUT2D eigenvalue weighted by atomic mass is 32.1. The number of ether oxygens (including phenoxy) is 2. The zero-order valence-electron chi connectivity index (χ0n) is 15.0. The lowest BCUT2D eigenvalue weighted by molar-refractivity contribution is -0.120. The molecule has 0 spiro atoms. The molecule has 0 bridgehead atoms. The molecule has 0 atom stereocenters. The number of thiazole rings is 1. The summed E-state index contributed by atoms with van der Waals surface area (Å²) in [7, 11) is 0. The molecule has 1 saturated heterocycles. The maximum atomic E-state index is 13.9. The van der Waals surface area contributed by atoms with Gasteiger partial charge in [-0.25, -0.2) is 9.37 Å². The molecule has 0 unspecified atom stereocenters. The van der Waals surface area contributed by atoms with E-state index in [1.807, 2.05) is 12.1 Å². The highest BCUT2D eigenvalue weighted by molar-refractivity contribution is 7.22. The number of hydrogen-bond donors (Lipinski definition) is 1. The quantitative estimate of drug-likeness (QED) is 0.721. The van der Waals surface area contributed by atoms with Gasteiger partial charge in [0, 0.05) is 30.8 Å². The van der Waals surface area contributed by atoms with Gasteiger partial charge in [0.25, 0.3) is 0 Å². The minimum absolute atomic E-state index is 0.00820. The van der Waals surface area contributed by atoms with Gasteiger partial charge in [0.2, 0.25) is 12.7 Å². The summed E-state index contributed by atoms with van der Waals surface area (Å²) in [6.45, 7) is 1.65. The number of carbonyl (C=O) groups is 1. The molecule has 1 aromatic heterocycles. The number of amides is 1. The van der Waals surface area contributed by atoms with Crippen molar-refractivity contribution < 1.29 is 18.7 Å². The molecule has 2 aliphatic heterocycles. The van der Waals surface area contributed by atoms with Crippen LogP contribution in [0.5, 0.6) is 11.5 Å². The summed E-state index contributed by atoms with van der Waals surface area (Å²) in [6, 6.07) is 10.4. The summed E-state index contributed by atoms with van der Waals surface area (Å²) in [4.78, 5) is 19.2. The monoisotopic (exact) mass is 399 g/mol. The number of hydrogen-bond acceptors (Lipinski definition) is 6. The predicted octanol–water partition coefficient (Wildman–Crippen LogP) is 4.02. The average molecular weight is 399 g/mol. The number of para-hydroxylation sites is 1. The van der Waals surface area contributed by atoms with E-state index < -0.39 is 0 Å². The van der Waals surface area contributed by atoms with Crippen LogP contribution in [0.3, 0.4) is 0 Å². The summed E-state index contributed by atoms with van der Waals surface area (Å²) >= 11 is 1.49. The van der Waals surface area contributed by atoms with Crippen molar-refractivity contribution in [1.82, 2.24) is 4.98 Å². The largest absolute Gasteiger partial charge is 0.454 e. The lowest BCUT2D eigenvalue weighted by Gasteiger charge is -2.31. The molecule has 1 N–H and O–H groups in total. The number of aromatic nitrogens is 1. The Morgan fingerprint density at radius 2 is 2.00 bits per heavy atom.